The second kappa shape index (κ2) is 4.84. The molecule has 1 atom stereocenters. The van der Waals surface area contributed by atoms with E-state index in [1.165, 1.54) is 0 Å². The fourth-order valence-corrected chi connectivity index (χ4v) is 1.39. The highest BCUT2D eigenvalue weighted by molar-refractivity contribution is 9.10. The zero-order chi connectivity index (χ0) is 11.6. The average molecular weight is 273 g/mol. The Labute approximate surface area is 99.2 Å². The Kier molecular flexibility index (Phi) is 3.97. The second-order valence-electron chi connectivity index (χ2n) is 4.02. The van der Waals surface area contributed by atoms with Gasteiger partial charge in [-0.3, -0.25) is 0 Å². The summed E-state index contributed by atoms with van der Waals surface area (Å²) in [5.41, 5.74) is 7.37. The van der Waals surface area contributed by atoms with Crippen molar-refractivity contribution in [3.05, 3.63) is 16.2 Å². The number of pyridine rings is 1. The number of nitrogens with zero attached hydrogens (tertiary/aromatic N) is 1. The van der Waals surface area contributed by atoms with Crippen molar-refractivity contribution < 1.29 is 4.74 Å². The van der Waals surface area contributed by atoms with Gasteiger partial charge in [-0.1, -0.05) is 13.8 Å². The molecule has 4 heteroatoms. The van der Waals surface area contributed by atoms with E-state index in [-0.39, 0.29) is 6.10 Å². The lowest BCUT2D eigenvalue weighted by Crippen LogP contribution is -2.19. The van der Waals surface area contributed by atoms with E-state index in [4.69, 9.17) is 10.5 Å². The fraction of sp³-hybridized carbons (Fsp3) is 0.545. The number of rotatable bonds is 3. The van der Waals surface area contributed by atoms with Gasteiger partial charge in [-0.25, -0.2) is 4.98 Å². The molecular formula is C11H17BrN2O. The van der Waals surface area contributed by atoms with Gasteiger partial charge < -0.3 is 10.5 Å². The van der Waals surface area contributed by atoms with Crippen LogP contribution < -0.4 is 10.5 Å². The molecule has 0 bridgehead atoms. The van der Waals surface area contributed by atoms with Gasteiger partial charge >= 0.3 is 0 Å². The van der Waals surface area contributed by atoms with Crippen LogP contribution in [0, 0.1) is 12.8 Å². The third kappa shape index (κ3) is 2.84. The summed E-state index contributed by atoms with van der Waals surface area (Å²) in [4.78, 5) is 4.17. The van der Waals surface area contributed by atoms with Crippen molar-refractivity contribution in [2.75, 3.05) is 5.73 Å². The molecule has 0 saturated carbocycles. The van der Waals surface area contributed by atoms with Gasteiger partial charge in [0, 0.05) is 0 Å². The second-order valence-corrected chi connectivity index (χ2v) is 4.82. The van der Waals surface area contributed by atoms with Gasteiger partial charge in [-0.15, -0.1) is 0 Å². The standard InChI is InChI=1S/C11H17BrN2O/c1-6(2)8(4)15-11-10(12)7(3)9(13)5-14-11/h5-6,8H,13H2,1-4H3. The molecule has 1 rings (SSSR count). The van der Waals surface area contributed by atoms with E-state index in [1.54, 1.807) is 6.20 Å². The van der Waals surface area contributed by atoms with Crippen LogP contribution in [0.4, 0.5) is 5.69 Å². The van der Waals surface area contributed by atoms with E-state index >= 15 is 0 Å². The lowest BCUT2D eigenvalue weighted by Gasteiger charge is -2.18. The Bertz CT molecular complexity index is 353. The van der Waals surface area contributed by atoms with Crippen LogP contribution in [0.3, 0.4) is 0 Å². The summed E-state index contributed by atoms with van der Waals surface area (Å²) in [5, 5.41) is 0. The van der Waals surface area contributed by atoms with Crippen molar-refractivity contribution >= 4 is 21.6 Å². The normalized spacial score (nSPS) is 12.9. The van der Waals surface area contributed by atoms with Gasteiger partial charge in [-0.05, 0) is 41.3 Å². The minimum Gasteiger partial charge on any atom is -0.474 e. The van der Waals surface area contributed by atoms with Crippen molar-refractivity contribution in [2.24, 2.45) is 5.92 Å². The van der Waals surface area contributed by atoms with E-state index in [0.717, 1.165) is 10.0 Å². The molecule has 0 amide bonds. The molecule has 15 heavy (non-hydrogen) atoms. The van der Waals surface area contributed by atoms with Crippen LogP contribution in [-0.4, -0.2) is 11.1 Å². The smallest absolute Gasteiger partial charge is 0.228 e. The van der Waals surface area contributed by atoms with Crippen LogP contribution in [0.1, 0.15) is 26.3 Å². The first-order valence-electron chi connectivity index (χ1n) is 5.00. The number of aromatic nitrogens is 1. The average Bonchev–Trinajstić information content (AvgIpc) is 2.18. The number of hydrogen-bond donors (Lipinski definition) is 1. The Hall–Kier alpha value is -0.770. The van der Waals surface area contributed by atoms with Crippen LogP contribution in [0.25, 0.3) is 0 Å². The zero-order valence-electron chi connectivity index (χ0n) is 9.54. The molecule has 0 aliphatic carbocycles. The molecule has 1 aromatic rings. The third-order valence-corrected chi connectivity index (χ3v) is 3.44. The molecule has 0 aliphatic heterocycles. The fourth-order valence-electron chi connectivity index (χ4n) is 0.963. The molecule has 0 aliphatic rings. The third-order valence-electron chi connectivity index (χ3n) is 2.51. The maximum atomic E-state index is 5.73. The van der Waals surface area contributed by atoms with Crippen molar-refractivity contribution in [3.8, 4) is 5.88 Å². The summed E-state index contributed by atoms with van der Waals surface area (Å²) in [6.07, 6.45) is 1.76. The Morgan fingerprint density at radius 1 is 1.40 bits per heavy atom. The summed E-state index contributed by atoms with van der Waals surface area (Å²) < 4.78 is 6.57. The summed E-state index contributed by atoms with van der Waals surface area (Å²) in [6, 6.07) is 0. The number of nitrogens with two attached hydrogens (primary N) is 1. The highest BCUT2D eigenvalue weighted by atomic mass is 79.9. The van der Waals surface area contributed by atoms with E-state index in [1.807, 2.05) is 13.8 Å². The van der Waals surface area contributed by atoms with Gasteiger partial charge in [0.15, 0.2) is 0 Å². The van der Waals surface area contributed by atoms with E-state index in [0.29, 0.717) is 17.5 Å². The molecule has 0 spiro atoms. The summed E-state index contributed by atoms with van der Waals surface area (Å²) in [5.74, 6) is 1.07. The van der Waals surface area contributed by atoms with Crippen molar-refractivity contribution in [1.82, 2.24) is 4.98 Å². The molecule has 1 unspecified atom stereocenters. The summed E-state index contributed by atoms with van der Waals surface area (Å²) in [6.45, 7) is 8.20. The van der Waals surface area contributed by atoms with Gasteiger partial charge in [0.2, 0.25) is 5.88 Å². The Morgan fingerprint density at radius 3 is 2.53 bits per heavy atom. The first-order valence-corrected chi connectivity index (χ1v) is 5.80. The molecule has 1 aromatic heterocycles. The molecule has 2 N–H and O–H groups in total. The minimum atomic E-state index is 0.136. The highest BCUT2D eigenvalue weighted by Crippen LogP contribution is 2.30. The van der Waals surface area contributed by atoms with Crippen LogP contribution >= 0.6 is 15.9 Å². The Balaban J connectivity index is 2.92. The monoisotopic (exact) mass is 272 g/mol. The van der Waals surface area contributed by atoms with Gasteiger partial charge in [-0.2, -0.15) is 0 Å². The quantitative estimate of drug-likeness (QED) is 0.920. The van der Waals surface area contributed by atoms with Crippen LogP contribution in [-0.2, 0) is 0 Å². The van der Waals surface area contributed by atoms with Crippen LogP contribution in [0.2, 0.25) is 0 Å². The number of nitrogen functional groups attached to an aromatic ring is 1. The van der Waals surface area contributed by atoms with Crippen molar-refractivity contribution in [1.29, 1.82) is 0 Å². The molecule has 3 nitrogen and oxygen atoms in total. The first-order chi connectivity index (χ1) is 6.93. The largest absolute Gasteiger partial charge is 0.474 e. The van der Waals surface area contributed by atoms with Crippen LogP contribution in [0.15, 0.2) is 10.7 Å². The molecule has 1 heterocycles. The van der Waals surface area contributed by atoms with Gasteiger partial charge in [0.1, 0.15) is 0 Å². The van der Waals surface area contributed by atoms with Gasteiger partial charge in [0.25, 0.3) is 0 Å². The number of ether oxygens (including phenoxy) is 1. The lowest BCUT2D eigenvalue weighted by atomic mass is 10.1. The predicted molar refractivity (Wildman–Crippen MR) is 66.0 cm³/mol. The minimum absolute atomic E-state index is 0.136. The molecule has 0 aromatic carbocycles. The number of anilines is 1. The predicted octanol–water partition coefficient (Wildman–Crippen LogP) is 3.16. The van der Waals surface area contributed by atoms with E-state index < -0.39 is 0 Å². The summed E-state index contributed by atoms with van der Waals surface area (Å²) in [7, 11) is 0. The van der Waals surface area contributed by atoms with E-state index in [9.17, 15) is 0 Å². The van der Waals surface area contributed by atoms with Crippen molar-refractivity contribution in [3.63, 3.8) is 0 Å². The number of hydrogen-bond acceptors (Lipinski definition) is 3. The molecule has 84 valence electrons. The molecule has 0 saturated heterocycles. The molecule has 0 radical (unpaired) electrons. The highest BCUT2D eigenvalue weighted by Gasteiger charge is 2.14. The van der Waals surface area contributed by atoms with Crippen molar-refractivity contribution in [2.45, 2.75) is 33.8 Å². The maximum Gasteiger partial charge on any atom is 0.228 e. The SMILES string of the molecule is Cc1c(N)cnc(OC(C)C(C)C)c1Br. The Morgan fingerprint density at radius 2 is 2.00 bits per heavy atom. The maximum absolute atomic E-state index is 5.73. The van der Waals surface area contributed by atoms with E-state index in [2.05, 4.69) is 34.8 Å². The summed E-state index contributed by atoms with van der Waals surface area (Å²) >= 11 is 3.44. The lowest BCUT2D eigenvalue weighted by molar-refractivity contribution is 0.162. The topological polar surface area (TPSA) is 48.1 Å². The zero-order valence-corrected chi connectivity index (χ0v) is 11.1. The molecular weight excluding hydrogens is 256 g/mol. The van der Waals surface area contributed by atoms with Crippen LogP contribution in [0.5, 0.6) is 5.88 Å². The number of halogens is 1. The first kappa shape index (κ1) is 12.3. The van der Waals surface area contributed by atoms with Gasteiger partial charge in [0.05, 0.1) is 22.5 Å². The molecule has 0 fully saturated rings.